The third kappa shape index (κ3) is 2.82. The molecule has 3 nitrogen and oxygen atoms in total. The first-order chi connectivity index (χ1) is 8.61. The summed E-state index contributed by atoms with van der Waals surface area (Å²) < 4.78 is 24.4. The van der Waals surface area contributed by atoms with Gasteiger partial charge in [0.1, 0.15) is 23.8 Å². The van der Waals surface area contributed by atoms with Gasteiger partial charge in [-0.2, -0.15) is 0 Å². The lowest BCUT2D eigenvalue weighted by atomic mass is 9.88. The third-order valence-corrected chi connectivity index (χ3v) is 3.16. The molecule has 0 bridgehead atoms. The Hall–Kier alpha value is -1.13. The fourth-order valence-electron chi connectivity index (χ4n) is 2.01. The third-order valence-electron chi connectivity index (χ3n) is 3.16. The molecule has 0 radical (unpaired) electrons. The van der Waals surface area contributed by atoms with Gasteiger partial charge >= 0.3 is 0 Å². The number of halogens is 1. The summed E-state index contributed by atoms with van der Waals surface area (Å²) in [4.78, 5) is 0. The molecule has 1 saturated carbocycles. The van der Waals surface area contributed by atoms with Crippen molar-refractivity contribution < 1.29 is 19.0 Å². The summed E-state index contributed by atoms with van der Waals surface area (Å²) in [6.45, 7) is 4.48. The standard InChI is InChI=1S/C14H19FO3/c1-3-6-17-14-11(16)8-13(14)18-12-7-10(15)5-4-9(12)2/h4-5,7,11,13-14,16H,3,6,8H2,1-2H3. The molecular weight excluding hydrogens is 235 g/mol. The molecule has 3 atom stereocenters. The lowest BCUT2D eigenvalue weighted by molar-refractivity contribution is -0.162. The van der Waals surface area contributed by atoms with E-state index in [-0.39, 0.29) is 18.0 Å². The molecule has 0 spiro atoms. The molecule has 0 aromatic heterocycles. The van der Waals surface area contributed by atoms with Crippen LogP contribution in [0.4, 0.5) is 4.39 Å². The predicted molar refractivity (Wildman–Crippen MR) is 66.2 cm³/mol. The van der Waals surface area contributed by atoms with Gasteiger partial charge in [-0.1, -0.05) is 13.0 Å². The Morgan fingerprint density at radius 2 is 2.22 bits per heavy atom. The molecule has 18 heavy (non-hydrogen) atoms. The lowest BCUT2D eigenvalue weighted by Crippen LogP contribution is -2.55. The molecule has 1 fully saturated rings. The largest absolute Gasteiger partial charge is 0.487 e. The molecule has 1 aromatic carbocycles. The molecule has 0 amide bonds. The van der Waals surface area contributed by atoms with Crippen LogP contribution in [0.1, 0.15) is 25.3 Å². The summed E-state index contributed by atoms with van der Waals surface area (Å²) in [5.41, 5.74) is 0.882. The zero-order chi connectivity index (χ0) is 13.1. The fraction of sp³-hybridized carbons (Fsp3) is 0.571. The zero-order valence-electron chi connectivity index (χ0n) is 10.7. The number of aliphatic hydroxyl groups is 1. The summed E-state index contributed by atoms with van der Waals surface area (Å²) in [7, 11) is 0. The van der Waals surface area contributed by atoms with Gasteiger partial charge in [0.15, 0.2) is 0 Å². The van der Waals surface area contributed by atoms with Gasteiger partial charge in [0.2, 0.25) is 0 Å². The average Bonchev–Trinajstić information content (AvgIpc) is 2.33. The number of aliphatic hydroxyl groups excluding tert-OH is 1. The first kappa shape index (κ1) is 13.3. The highest BCUT2D eigenvalue weighted by Gasteiger charge is 2.43. The average molecular weight is 254 g/mol. The van der Waals surface area contributed by atoms with Crippen LogP contribution >= 0.6 is 0 Å². The van der Waals surface area contributed by atoms with Crippen molar-refractivity contribution in [3.05, 3.63) is 29.6 Å². The Morgan fingerprint density at radius 3 is 2.89 bits per heavy atom. The maximum absolute atomic E-state index is 13.1. The second kappa shape index (κ2) is 5.67. The van der Waals surface area contributed by atoms with E-state index in [0.717, 1.165) is 12.0 Å². The topological polar surface area (TPSA) is 38.7 Å². The van der Waals surface area contributed by atoms with Gasteiger partial charge in [0, 0.05) is 19.1 Å². The number of ether oxygens (including phenoxy) is 2. The number of hydrogen-bond acceptors (Lipinski definition) is 3. The van der Waals surface area contributed by atoms with Gasteiger partial charge in [-0.15, -0.1) is 0 Å². The predicted octanol–water partition coefficient (Wildman–Crippen LogP) is 2.44. The van der Waals surface area contributed by atoms with Crippen molar-refractivity contribution in [3.8, 4) is 5.75 Å². The van der Waals surface area contributed by atoms with E-state index >= 15 is 0 Å². The Morgan fingerprint density at radius 1 is 1.44 bits per heavy atom. The second-order valence-electron chi connectivity index (χ2n) is 4.70. The summed E-state index contributed by atoms with van der Waals surface area (Å²) in [5.74, 6) is 0.207. The van der Waals surface area contributed by atoms with Gasteiger partial charge in [0.05, 0.1) is 6.10 Å². The molecule has 0 heterocycles. The van der Waals surface area contributed by atoms with E-state index in [0.29, 0.717) is 18.8 Å². The minimum Gasteiger partial charge on any atom is -0.487 e. The van der Waals surface area contributed by atoms with Crippen LogP contribution in [0.5, 0.6) is 5.75 Å². The van der Waals surface area contributed by atoms with E-state index in [1.54, 1.807) is 6.07 Å². The van der Waals surface area contributed by atoms with Gasteiger partial charge in [0.25, 0.3) is 0 Å². The highest BCUT2D eigenvalue weighted by molar-refractivity contribution is 5.33. The minimum absolute atomic E-state index is 0.188. The summed E-state index contributed by atoms with van der Waals surface area (Å²) in [6, 6.07) is 4.46. The number of aryl methyl sites for hydroxylation is 1. The minimum atomic E-state index is -0.476. The Labute approximate surface area is 107 Å². The van der Waals surface area contributed by atoms with E-state index < -0.39 is 6.10 Å². The van der Waals surface area contributed by atoms with Crippen LogP contribution in [-0.2, 0) is 4.74 Å². The molecule has 1 aliphatic carbocycles. The molecular formula is C14H19FO3. The summed E-state index contributed by atoms with van der Waals surface area (Å²) in [6.07, 6.45) is 0.467. The first-order valence-corrected chi connectivity index (χ1v) is 6.34. The monoisotopic (exact) mass is 254 g/mol. The zero-order valence-corrected chi connectivity index (χ0v) is 10.7. The van der Waals surface area contributed by atoms with E-state index in [1.165, 1.54) is 12.1 Å². The van der Waals surface area contributed by atoms with Crippen LogP contribution in [-0.4, -0.2) is 30.0 Å². The SMILES string of the molecule is CCCOC1C(O)CC1Oc1cc(F)ccc1C. The van der Waals surface area contributed by atoms with Gasteiger partial charge in [-0.25, -0.2) is 4.39 Å². The van der Waals surface area contributed by atoms with Crippen molar-refractivity contribution in [2.45, 2.75) is 45.0 Å². The first-order valence-electron chi connectivity index (χ1n) is 6.34. The lowest BCUT2D eigenvalue weighted by Gasteiger charge is -2.41. The Balaban J connectivity index is 1.98. The van der Waals surface area contributed by atoms with Crippen molar-refractivity contribution in [2.24, 2.45) is 0 Å². The van der Waals surface area contributed by atoms with Crippen molar-refractivity contribution in [2.75, 3.05) is 6.61 Å². The maximum atomic E-state index is 13.1. The molecule has 4 heteroatoms. The molecule has 0 aliphatic heterocycles. The van der Waals surface area contributed by atoms with Gasteiger partial charge in [-0.3, -0.25) is 0 Å². The summed E-state index contributed by atoms with van der Waals surface area (Å²) >= 11 is 0. The van der Waals surface area contributed by atoms with Crippen LogP contribution in [0.25, 0.3) is 0 Å². The van der Waals surface area contributed by atoms with Crippen molar-refractivity contribution in [3.63, 3.8) is 0 Å². The highest BCUT2D eigenvalue weighted by Crippen LogP contribution is 2.31. The second-order valence-corrected chi connectivity index (χ2v) is 4.70. The smallest absolute Gasteiger partial charge is 0.130 e. The van der Waals surface area contributed by atoms with Crippen LogP contribution in [0.2, 0.25) is 0 Å². The quantitative estimate of drug-likeness (QED) is 0.877. The Bertz CT molecular complexity index is 408. The van der Waals surface area contributed by atoms with Crippen LogP contribution in [0, 0.1) is 12.7 Å². The van der Waals surface area contributed by atoms with Crippen LogP contribution in [0.3, 0.4) is 0 Å². The van der Waals surface area contributed by atoms with E-state index in [4.69, 9.17) is 9.47 Å². The Kier molecular flexibility index (Phi) is 4.19. The van der Waals surface area contributed by atoms with Crippen LogP contribution in [0.15, 0.2) is 18.2 Å². The molecule has 3 unspecified atom stereocenters. The van der Waals surface area contributed by atoms with E-state index in [9.17, 15) is 9.50 Å². The van der Waals surface area contributed by atoms with Crippen LogP contribution < -0.4 is 4.74 Å². The number of benzene rings is 1. The molecule has 2 rings (SSSR count). The molecule has 1 N–H and O–H groups in total. The van der Waals surface area contributed by atoms with Gasteiger partial charge < -0.3 is 14.6 Å². The molecule has 100 valence electrons. The van der Waals surface area contributed by atoms with E-state index in [2.05, 4.69) is 0 Å². The van der Waals surface area contributed by atoms with Crippen molar-refractivity contribution in [1.82, 2.24) is 0 Å². The molecule has 0 saturated heterocycles. The molecule has 1 aliphatic rings. The molecule has 1 aromatic rings. The fourth-order valence-corrected chi connectivity index (χ4v) is 2.01. The highest BCUT2D eigenvalue weighted by atomic mass is 19.1. The maximum Gasteiger partial charge on any atom is 0.130 e. The van der Waals surface area contributed by atoms with E-state index in [1.807, 2.05) is 13.8 Å². The van der Waals surface area contributed by atoms with Crippen molar-refractivity contribution >= 4 is 0 Å². The number of rotatable bonds is 5. The normalized spacial score (nSPS) is 26.8. The number of hydrogen-bond donors (Lipinski definition) is 1. The van der Waals surface area contributed by atoms with Gasteiger partial charge in [-0.05, 0) is 25.0 Å². The summed E-state index contributed by atoms with van der Waals surface area (Å²) in [5, 5.41) is 9.63. The van der Waals surface area contributed by atoms with Crippen molar-refractivity contribution in [1.29, 1.82) is 0 Å².